The fourth-order valence-corrected chi connectivity index (χ4v) is 2.61. The highest BCUT2D eigenvalue weighted by molar-refractivity contribution is 7.07. The minimum absolute atomic E-state index is 0.0315. The summed E-state index contributed by atoms with van der Waals surface area (Å²) in [4.78, 5) is 23.6. The molecule has 0 radical (unpaired) electrons. The van der Waals surface area contributed by atoms with Gasteiger partial charge in [-0.15, -0.1) is 0 Å². The van der Waals surface area contributed by atoms with Gasteiger partial charge in [0.05, 0.1) is 6.26 Å². The number of furan rings is 1. The number of aryl methyl sites for hydroxylation is 1. The van der Waals surface area contributed by atoms with Crippen LogP contribution in [0.15, 0.2) is 39.6 Å². The summed E-state index contributed by atoms with van der Waals surface area (Å²) in [6.45, 7) is 1.82. The van der Waals surface area contributed by atoms with Crippen LogP contribution in [0.3, 0.4) is 0 Å². The van der Waals surface area contributed by atoms with Gasteiger partial charge in [-0.3, -0.25) is 9.59 Å². The third-order valence-corrected chi connectivity index (χ3v) is 3.65. The zero-order chi connectivity index (χ0) is 14.4. The number of thiophene rings is 1. The zero-order valence-corrected chi connectivity index (χ0v) is 12.1. The van der Waals surface area contributed by atoms with Crippen molar-refractivity contribution in [1.29, 1.82) is 0 Å². The maximum atomic E-state index is 11.8. The molecule has 2 rings (SSSR count). The topological polar surface area (TPSA) is 59.3 Å². The van der Waals surface area contributed by atoms with E-state index >= 15 is 0 Å². The van der Waals surface area contributed by atoms with Crippen molar-refractivity contribution in [2.24, 2.45) is 0 Å². The summed E-state index contributed by atoms with van der Waals surface area (Å²) >= 11 is 1.63. The summed E-state index contributed by atoms with van der Waals surface area (Å²) in [5, 5.41) is 6.87. The van der Waals surface area contributed by atoms with E-state index in [0.29, 0.717) is 12.2 Å². The Hall–Kier alpha value is -1.88. The molecule has 2 aromatic heterocycles. The number of Topliss-reactive ketones (excluding diaryl/α,β-unsaturated/α-hetero) is 1. The molecule has 1 amide bonds. The molecule has 20 heavy (non-hydrogen) atoms. The molecule has 0 aromatic carbocycles. The second-order valence-corrected chi connectivity index (χ2v) is 5.48. The lowest BCUT2D eigenvalue weighted by atomic mass is 10.1. The Morgan fingerprint density at radius 2 is 2.25 bits per heavy atom. The first-order chi connectivity index (χ1) is 9.65. The van der Waals surface area contributed by atoms with Crippen LogP contribution >= 0.6 is 11.3 Å². The summed E-state index contributed by atoms with van der Waals surface area (Å²) < 4.78 is 5.04. The third kappa shape index (κ3) is 4.35. The van der Waals surface area contributed by atoms with E-state index in [9.17, 15) is 9.59 Å². The first-order valence-corrected chi connectivity index (χ1v) is 7.46. The van der Waals surface area contributed by atoms with Crippen molar-refractivity contribution in [3.8, 4) is 0 Å². The van der Waals surface area contributed by atoms with Crippen LogP contribution in [0.25, 0.3) is 0 Å². The lowest BCUT2D eigenvalue weighted by Crippen LogP contribution is -2.34. The van der Waals surface area contributed by atoms with Crippen molar-refractivity contribution >= 4 is 23.0 Å². The van der Waals surface area contributed by atoms with Gasteiger partial charge in [0.2, 0.25) is 5.91 Å². The average molecular weight is 291 g/mol. The van der Waals surface area contributed by atoms with Crippen LogP contribution in [0.1, 0.15) is 35.9 Å². The van der Waals surface area contributed by atoms with Crippen molar-refractivity contribution in [2.45, 2.75) is 32.2 Å². The van der Waals surface area contributed by atoms with Gasteiger partial charge in [0.15, 0.2) is 11.5 Å². The summed E-state index contributed by atoms with van der Waals surface area (Å²) in [6, 6.07) is 5.13. The fraction of sp³-hybridized carbons (Fsp3) is 0.333. The molecular weight excluding hydrogens is 274 g/mol. The maximum Gasteiger partial charge on any atom is 0.220 e. The first kappa shape index (κ1) is 14.5. The maximum absolute atomic E-state index is 11.8. The Balaban J connectivity index is 1.72. The fourth-order valence-electron chi connectivity index (χ4n) is 1.91. The van der Waals surface area contributed by atoms with Gasteiger partial charge in [0.1, 0.15) is 0 Å². The average Bonchev–Trinajstić information content (AvgIpc) is 3.09. The van der Waals surface area contributed by atoms with Crippen LogP contribution < -0.4 is 5.32 Å². The Bertz CT molecular complexity index is 546. The molecule has 2 aromatic rings. The van der Waals surface area contributed by atoms with E-state index in [2.05, 4.69) is 5.32 Å². The van der Waals surface area contributed by atoms with E-state index in [0.717, 1.165) is 6.42 Å². The van der Waals surface area contributed by atoms with E-state index < -0.39 is 0 Å². The minimum atomic E-state index is -0.192. The summed E-state index contributed by atoms with van der Waals surface area (Å²) in [5.74, 6) is 0.209. The molecule has 1 N–H and O–H groups in total. The van der Waals surface area contributed by atoms with E-state index in [1.54, 1.807) is 23.5 Å². The van der Waals surface area contributed by atoms with Gasteiger partial charge in [0.25, 0.3) is 0 Å². The second-order valence-electron chi connectivity index (χ2n) is 4.70. The number of amides is 1. The minimum Gasteiger partial charge on any atom is -0.461 e. The van der Waals surface area contributed by atoms with Crippen molar-refractivity contribution in [3.05, 3.63) is 46.5 Å². The summed E-state index contributed by atoms with van der Waals surface area (Å²) in [5.41, 5.74) is 1.17. The van der Waals surface area contributed by atoms with E-state index in [1.807, 2.05) is 23.8 Å². The molecule has 2 heterocycles. The Morgan fingerprint density at radius 1 is 1.40 bits per heavy atom. The molecule has 0 saturated heterocycles. The quantitative estimate of drug-likeness (QED) is 0.798. The molecule has 0 saturated carbocycles. The van der Waals surface area contributed by atoms with Crippen LogP contribution in [-0.2, 0) is 11.2 Å². The predicted octanol–water partition coefficient (Wildman–Crippen LogP) is 3.05. The highest BCUT2D eigenvalue weighted by atomic mass is 32.1. The molecule has 0 aliphatic carbocycles. The number of carbonyl (C=O) groups excluding carboxylic acids is 2. The molecule has 1 atom stereocenters. The number of carbonyl (C=O) groups is 2. The van der Waals surface area contributed by atoms with Crippen LogP contribution in [0.4, 0.5) is 0 Å². The highest BCUT2D eigenvalue weighted by Crippen LogP contribution is 2.09. The van der Waals surface area contributed by atoms with Gasteiger partial charge in [0, 0.05) is 18.9 Å². The van der Waals surface area contributed by atoms with Crippen LogP contribution in [0.2, 0.25) is 0 Å². The number of nitrogens with one attached hydrogen (secondary N) is 1. The van der Waals surface area contributed by atoms with E-state index in [4.69, 9.17) is 4.42 Å². The van der Waals surface area contributed by atoms with Crippen molar-refractivity contribution in [2.75, 3.05) is 0 Å². The number of hydrogen-bond acceptors (Lipinski definition) is 4. The van der Waals surface area contributed by atoms with Gasteiger partial charge >= 0.3 is 0 Å². The summed E-state index contributed by atoms with van der Waals surface area (Å²) in [6.07, 6.45) is 2.89. The third-order valence-electron chi connectivity index (χ3n) is 2.92. The molecule has 0 aliphatic heterocycles. The molecule has 4 nitrogen and oxygen atoms in total. The molecule has 0 fully saturated rings. The predicted molar refractivity (Wildman–Crippen MR) is 77.9 cm³/mol. The van der Waals surface area contributed by atoms with Crippen molar-refractivity contribution in [3.63, 3.8) is 0 Å². The number of hydrogen-bond donors (Lipinski definition) is 1. The monoisotopic (exact) mass is 291 g/mol. The lowest BCUT2D eigenvalue weighted by Gasteiger charge is -2.12. The smallest absolute Gasteiger partial charge is 0.220 e. The molecule has 0 aliphatic rings. The van der Waals surface area contributed by atoms with Crippen LogP contribution in [0.5, 0.6) is 0 Å². The normalized spacial score (nSPS) is 12.1. The van der Waals surface area contributed by atoms with Gasteiger partial charge in [-0.1, -0.05) is 0 Å². The second kappa shape index (κ2) is 7.05. The van der Waals surface area contributed by atoms with E-state index in [1.165, 1.54) is 11.8 Å². The largest absolute Gasteiger partial charge is 0.461 e. The molecular formula is C15H17NO3S. The lowest BCUT2D eigenvalue weighted by molar-refractivity contribution is -0.121. The first-order valence-electron chi connectivity index (χ1n) is 6.52. The van der Waals surface area contributed by atoms with Gasteiger partial charge in [-0.25, -0.2) is 0 Å². The Labute approximate surface area is 121 Å². The molecule has 1 unspecified atom stereocenters. The molecule has 0 bridgehead atoms. The number of ketones is 1. The standard InChI is InChI=1S/C15H17NO3S/c1-11(9-13(17)14-3-2-7-19-14)16-15(18)5-4-12-6-8-20-10-12/h2-3,6-8,10-11H,4-5,9H2,1H3,(H,16,18). The van der Waals surface area contributed by atoms with Crippen molar-refractivity contribution < 1.29 is 14.0 Å². The van der Waals surface area contributed by atoms with E-state index in [-0.39, 0.29) is 24.2 Å². The van der Waals surface area contributed by atoms with Crippen LogP contribution in [0, 0.1) is 0 Å². The Morgan fingerprint density at radius 3 is 2.90 bits per heavy atom. The molecule has 5 heteroatoms. The van der Waals surface area contributed by atoms with Gasteiger partial charge in [-0.2, -0.15) is 11.3 Å². The SMILES string of the molecule is CC(CC(=O)c1ccco1)NC(=O)CCc1ccsc1. The Kier molecular flexibility index (Phi) is 5.12. The van der Waals surface area contributed by atoms with Gasteiger partial charge < -0.3 is 9.73 Å². The van der Waals surface area contributed by atoms with Crippen molar-refractivity contribution in [1.82, 2.24) is 5.32 Å². The van der Waals surface area contributed by atoms with Gasteiger partial charge in [-0.05, 0) is 47.9 Å². The number of rotatable bonds is 7. The summed E-state index contributed by atoms with van der Waals surface area (Å²) in [7, 11) is 0. The highest BCUT2D eigenvalue weighted by Gasteiger charge is 2.15. The zero-order valence-electron chi connectivity index (χ0n) is 11.3. The molecule has 0 spiro atoms. The van der Waals surface area contributed by atoms with Crippen LogP contribution in [-0.4, -0.2) is 17.7 Å². The molecule has 106 valence electrons.